The molecule has 122 valence electrons. The Morgan fingerprint density at radius 1 is 1.25 bits per heavy atom. The number of aromatic nitrogens is 2. The molecule has 3 aromatic rings. The van der Waals surface area contributed by atoms with Gasteiger partial charge in [-0.3, -0.25) is 14.0 Å². The van der Waals surface area contributed by atoms with E-state index in [1.165, 1.54) is 10.6 Å². The monoisotopic (exact) mass is 361 g/mol. The van der Waals surface area contributed by atoms with E-state index in [-0.39, 0.29) is 5.56 Å². The molecule has 1 N–H and O–H groups in total. The Balaban J connectivity index is 1.90. The summed E-state index contributed by atoms with van der Waals surface area (Å²) in [7, 11) is 0. The van der Waals surface area contributed by atoms with Crippen LogP contribution in [0.3, 0.4) is 0 Å². The molecular formula is C17H13Cl2N3O2. The second-order valence-corrected chi connectivity index (χ2v) is 6.11. The van der Waals surface area contributed by atoms with Crippen molar-refractivity contribution in [3.8, 4) is 0 Å². The second-order valence-electron chi connectivity index (χ2n) is 5.27. The van der Waals surface area contributed by atoms with Crippen molar-refractivity contribution in [1.29, 1.82) is 0 Å². The first-order chi connectivity index (χ1) is 11.5. The van der Waals surface area contributed by atoms with Gasteiger partial charge in [-0.25, -0.2) is 4.98 Å². The van der Waals surface area contributed by atoms with Gasteiger partial charge < -0.3 is 5.32 Å². The van der Waals surface area contributed by atoms with Gasteiger partial charge in [0, 0.05) is 22.4 Å². The Labute approximate surface area is 147 Å². The summed E-state index contributed by atoms with van der Waals surface area (Å²) in [6.07, 6.45) is 2.85. The third kappa shape index (κ3) is 3.13. The van der Waals surface area contributed by atoms with Crippen molar-refractivity contribution in [2.24, 2.45) is 0 Å². The number of rotatable bonds is 3. The normalized spacial score (nSPS) is 12.1. The first-order valence-corrected chi connectivity index (χ1v) is 7.95. The second kappa shape index (κ2) is 6.63. The van der Waals surface area contributed by atoms with E-state index in [4.69, 9.17) is 23.2 Å². The highest BCUT2D eigenvalue weighted by molar-refractivity contribution is 6.35. The minimum Gasteiger partial charge on any atom is -0.345 e. The fourth-order valence-electron chi connectivity index (χ4n) is 2.39. The van der Waals surface area contributed by atoms with E-state index in [0.717, 1.165) is 0 Å². The number of carbonyl (C=O) groups excluding carboxylic acids is 1. The van der Waals surface area contributed by atoms with E-state index in [2.05, 4.69) is 10.3 Å². The molecule has 1 atom stereocenters. The van der Waals surface area contributed by atoms with E-state index in [0.29, 0.717) is 21.3 Å². The molecule has 1 aromatic carbocycles. The number of halogens is 2. The summed E-state index contributed by atoms with van der Waals surface area (Å²) >= 11 is 12.0. The fourth-order valence-corrected chi connectivity index (χ4v) is 2.96. The van der Waals surface area contributed by atoms with Gasteiger partial charge in [-0.1, -0.05) is 35.3 Å². The zero-order valence-corrected chi connectivity index (χ0v) is 14.2. The van der Waals surface area contributed by atoms with Gasteiger partial charge in [0.25, 0.3) is 11.5 Å². The highest BCUT2D eigenvalue weighted by Gasteiger charge is 2.17. The van der Waals surface area contributed by atoms with E-state index in [9.17, 15) is 9.59 Å². The lowest BCUT2D eigenvalue weighted by atomic mass is 10.1. The molecule has 0 spiro atoms. The number of benzene rings is 1. The number of pyridine rings is 1. The van der Waals surface area contributed by atoms with Crippen LogP contribution in [-0.2, 0) is 0 Å². The molecule has 0 fully saturated rings. The minimum absolute atomic E-state index is 0.0318. The molecule has 2 heterocycles. The molecule has 2 aromatic heterocycles. The molecule has 0 radical (unpaired) electrons. The number of hydrogen-bond donors (Lipinski definition) is 1. The minimum atomic E-state index is -0.510. The third-order valence-electron chi connectivity index (χ3n) is 3.63. The van der Waals surface area contributed by atoms with Gasteiger partial charge in [0.15, 0.2) is 0 Å². The Bertz CT molecular complexity index is 985. The maximum Gasteiger partial charge on any atom is 0.270 e. The van der Waals surface area contributed by atoms with Crippen molar-refractivity contribution in [3.05, 3.63) is 80.3 Å². The quantitative estimate of drug-likeness (QED) is 0.776. The van der Waals surface area contributed by atoms with Crippen LogP contribution in [0.1, 0.15) is 28.9 Å². The number of amides is 1. The van der Waals surface area contributed by atoms with Crippen LogP contribution in [0.4, 0.5) is 0 Å². The lowest BCUT2D eigenvalue weighted by Gasteiger charge is -2.16. The summed E-state index contributed by atoms with van der Waals surface area (Å²) in [5.74, 6) is -0.510. The Kier molecular flexibility index (Phi) is 4.55. The SMILES string of the molecule is CC(NC(=O)c1cnc2ccccn2c1=O)c1ccc(Cl)cc1Cl. The van der Waals surface area contributed by atoms with Crippen molar-refractivity contribution in [2.75, 3.05) is 0 Å². The smallest absolute Gasteiger partial charge is 0.270 e. The van der Waals surface area contributed by atoms with Crippen LogP contribution >= 0.6 is 23.2 Å². The molecule has 0 bridgehead atoms. The lowest BCUT2D eigenvalue weighted by Crippen LogP contribution is -2.33. The van der Waals surface area contributed by atoms with Gasteiger partial charge in [-0.2, -0.15) is 0 Å². The maximum absolute atomic E-state index is 12.4. The molecule has 5 nitrogen and oxygen atoms in total. The van der Waals surface area contributed by atoms with Gasteiger partial charge in [0.1, 0.15) is 11.2 Å². The highest BCUT2D eigenvalue weighted by Crippen LogP contribution is 2.26. The molecule has 1 amide bonds. The van der Waals surface area contributed by atoms with Crippen LogP contribution < -0.4 is 10.9 Å². The molecule has 7 heteroatoms. The number of carbonyl (C=O) groups is 1. The molecular weight excluding hydrogens is 349 g/mol. The van der Waals surface area contributed by atoms with Crippen molar-refractivity contribution in [1.82, 2.24) is 14.7 Å². The zero-order valence-electron chi connectivity index (χ0n) is 12.7. The molecule has 0 saturated carbocycles. The first-order valence-electron chi connectivity index (χ1n) is 7.19. The Morgan fingerprint density at radius 3 is 2.79 bits per heavy atom. The van der Waals surface area contributed by atoms with E-state index in [1.54, 1.807) is 49.5 Å². The number of nitrogens with one attached hydrogen (secondary N) is 1. The number of hydrogen-bond acceptors (Lipinski definition) is 3. The van der Waals surface area contributed by atoms with E-state index < -0.39 is 17.5 Å². The summed E-state index contributed by atoms with van der Waals surface area (Å²) in [6.45, 7) is 1.78. The maximum atomic E-state index is 12.4. The Morgan fingerprint density at radius 2 is 2.04 bits per heavy atom. The summed E-state index contributed by atoms with van der Waals surface area (Å²) < 4.78 is 1.33. The average Bonchev–Trinajstić information content (AvgIpc) is 2.55. The molecule has 0 saturated heterocycles. The predicted molar refractivity (Wildman–Crippen MR) is 93.8 cm³/mol. The van der Waals surface area contributed by atoms with Crippen molar-refractivity contribution < 1.29 is 4.79 Å². The van der Waals surface area contributed by atoms with Crippen molar-refractivity contribution in [3.63, 3.8) is 0 Å². The van der Waals surface area contributed by atoms with Crippen LogP contribution in [0.25, 0.3) is 5.65 Å². The molecule has 1 unspecified atom stereocenters. The van der Waals surface area contributed by atoms with Crippen molar-refractivity contribution >= 4 is 34.8 Å². The first kappa shape index (κ1) is 16.5. The van der Waals surface area contributed by atoms with Crippen LogP contribution in [0, 0.1) is 0 Å². The topological polar surface area (TPSA) is 63.5 Å². The largest absolute Gasteiger partial charge is 0.345 e. The van der Waals surface area contributed by atoms with Crippen LogP contribution in [0.5, 0.6) is 0 Å². The molecule has 3 rings (SSSR count). The van der Waals surface area contributed by atoms with E-state index in [1.807, 2.05) is 0 Å². The molecule has 0 aliphatic heterocycles. The summed E-state index contributed by atoms with van der Waals surface area (Å²) in [5.41, 5.74) is 0.735. The summed E-state index contributed by atoms with van der Waals surface area (Å²) in [4.78, 5) is 29.0. The average molecular weight is 362 g/mol. The van der Waals surface area contributed by atoms with Crippen LogP contribution in [0.2, 0.25) is 10.0 Å². The predicted octanol–water partition coefficient (Wildman–Crippen LogP) is 3.49. The van der Waals surface area contributed by atoms with Crippen molar-refractivity contribution in [2.45, 2.75) is 13.0 Å². The van der Waals surface area contributed by atoms with Crippen LogP contribution in [-0.4, -0.2) is 15.3 Å². The lowest BCUT2D eigenvalue weighted by molar-refractivity contribution is 0.0938. The molecule has 0 aliphatic carbocycles. The standard InChI is InChI=1S/C17H13Cl2N3O2/c1-10(12-6-5-11(18)8-14(12)19)21-16(23)13-9-20-15-4-2-3-7-22(15)17(13)24/h2-10H,1H3,(H,21,23). The van der Waals surface area contributed by atoms with Gasteiger partial charge in [0.05, 0.1) is 6.04 Å². The van der Waals surface area contributed by atoms with Gasteiger partial charge >= 0.3 is 0 Å². The number of fused-ring (bicyclic) bond motifs is 1. The van der Waals surface area contributed by atoms with E-state index >= 15 is 0 Å². The van der Waals surface area contributed by atoms with Crippen LogP contribution in [0.15, 0.2) is 53.6 Å². The number of nitrogens with zero attached hydrogens (tertiary/aromatic N) is 2. The zero-order chi connectivity index (χ0) is 17.3. The molecule has 24 heavy (non-hydrogen) atoms. The van der Waals surface area contributed by atoms with Gasteiger partial charge in [0.2, 0.25) is 0 Å². The molecule has 0 aliphatic rings. The van der Waals surface area contributed by atoms with Gasteiger partial charge in [-0.05, 0) is 36.8 Å². The highest BCUT2D eigenvalue weighted by atomic mass is 35.5. The summed E-state index contributed by atoms with van der Waals surface area (Å²) in [6, 6.07) is 9.81. The van der Waals surface area contributed by atoms with Gasteiger partial charge in [-0.15, -0.1) is 0 Å². The third-order valence-corrected chi connectivity index (χ3v) is 4.20. The Hall–Kier alpha value is -2.37. The summed E-state index contributed by atoms with van der Waals surface area (Å²) in [5, 5.41) is 3.72. The fraction of sp³-hybridized carbons (Fsp3) is 0.118.